The molecule has 150 valence electrons. The zero-order valence-electron chi connectivity index (χ0n) is 15.5. The smallest absolute Gasteiger partial charge is 0.364 e. The Morgan fingerprint density at radius 1 is 1.17 bits per heavy atom. The summed E-state index contributed by atoms with van der Waals surface area (Å²) in [5, 5.41) is -0.803. The molecule has 1 heterocycles. The average molecular weight is 435 g/mol. The van der Waals surface area contributed by atoms with Crippen LogP contribution in [0.4, 0.5) is 4.39 Å². The fourth-order valence-electron chi connectivity index (χ4n) is 2.59. The van der Waals surface area contributed by atoms with Crippen LogP contribution in [0.2, 0.25) is 5.02 Å². The summed E-state index contributed by atoms with van der Waals surface area (Å²) in [6.45, 7) is 3.66. The first-order chi connectivity index (χ1) is 13.7. The maximum absolute atomic E-state index is 13.8. The number of esters is 1. The molecule has 6 nitrogen and oxygen atoms in total. The molecule has 0 N–H and O–H groups in total. The van der Waals surface area contributed by atoms with Crippen LogP contribution in [0.1, 0.15) is 27.2 Å². The molecule has 0 spiro atoms. The number of sulfone groups is 1. The van der Waals surface area contributed by atoms with E-state index in [1.807, 2.05) is 13.0 Å². The van der Waals surface area contributed by atoms with Gasteiger partial charge in [-0.1, -0.05) is 47.5 Å². The van der Waals surface area contributed by atoms with Crippen LogP contribution in [0, 0.1) is 19.7 Å². The highest BCUT2D eigenvalue weighted by Gasteiger charge is 2.25. The van der Waals surface area contributed by atoms with Gasteiger partial charge in [-0.3, -0.25) is 0 Å². The van der Waals surface area contributed by atoms with Gasteiger partial charge in [0.2, 0.25) is 15.0 Å². The van der Waals surface area contributed by atoms with Crippen LogP contribution in [-0.2, 0) is 15.6 Å². The third-order valence-electron chi connectivity index (χ3n) is 4.03. The predicted octanol–water partition coefficient (Wildman–Crippen LogP) is 4.08. The molecule has 0 aliphatic heterocycles. The summed E-state index contributed by atoms with van der Waals surface area (Å²) in [5.41, 5.74) is 1.28. The number of hydrogen-bond acceptors (Lipinski definition) is 6. The molecule has 0 saturated heterocycles. The number of carbonyl (C=O) groups excluding carboxylic acids is 1. The van der Waals surface area contributed by atoms with Crippen molar-refractivity contribution >= 4 is 27.4 Å². The van der Waals surface area contributed by atoms with Crippen molar-refractivity contribution in [2.45, 2.75) is 24.8 Å². The summed E-state index contributed by atoms with van der Waals surface area (Å²) in [7, 11) is -4.12. The summed E-state index contributed by atoms with van der Waals surface area (Å²) < 4.78 is 44.3. The molecule has 0 atom stereocenters. The lowest BCUT2D eigenvalue weighted by molar-refractivity contribution is 0.0726. The molecule has 0 bridgehead atoms. The molecule has 0 radical (unpaired) electrons. The molecule has 2 aromatic carbocycles. The third-order valence-corrected chi connectivity index (χ3v) is 5.75. The van der Waals surface area contributed by atoms with Gasteiger partial charge in [0.05, 0.1) is 17.0 Å². The lowest BCUT2D eigenvalue weighted by Crippen LogP contribution is -2.17. The summed E-state index contributed by atoms with van der Waals surface area (Å²) >= 11 is 5.98. The van der Waals surface area contributed by atoms with Crippen LogP contribution in [0.5, 0.6) is 5.75 Å². The molecule has 0 aliphatic rings. The Hall–Kier alpha value is -2.84. The summed E-state index contributed by atoms with van der Waals surface area (Å²) in [6.07, 6.45) is 1.00. The minimum atomic E-state index is -4.12. The van der Waals surface area contributed by atoms with Gasteiger partial charge in [0, 0.05) is 5.56 Å². The van der Waals surface area contributed by atoms with Crippen molar-refractivity contribution < 1.29 is 22.3 Å². The average Bonchev–Trinajstić information content (AvgIpc) is 2.66. The monoisotopic (exact) mass is 434 g/mol. The number of benzene rings is 2. The van der Waals surface area contributed by atoms with E-state index in [1.54, 1.807) is 19.1 Å². The SMILES string of the molecule is Cc1ccc(OC(=O)c2nc(S(=O)(=O)Cc3ccccc3F)ncc2Cl)c(C)c1. The van der Waals surface area contributed by atoms with Gasteiger partial charge < -0.3 is 4.74 Å². The van der Waals surface area contributed by atoms with Crippen LogP contribution in [0.25, 0.3) is 0 Å². The second-order valence-electron chi connectivity index (χ2n) is 6.36. The fourth-order valence-corrected chi connectivity index (χ4v) is 3.98. The summed E-state index contributed by atoms with van der Waals surface area (Å²) in [6, 6.07) is 10.7. The molecule has 3 rings (SSSR count). The molecule has 1 aromatic heterocycles. The van der Waals surface area contributed by atoms with E-state index < -0.39 is 38.2 Å². The van der Waals surface area contributed by atoms with E-state index in [4.69, 9.17) is 16.3 Å². The lowest BCUT2D eigenvalue weighted by atomic mass is 10.1. The lowest BCUT2D eigenvalue weighted by Gasteiger charge is -2.10. The topological polar surface area (TPSA) is 86.2 Å². The Balaban J connectivity index is 1.91. The first-order valence-electron chi connectivity index (χ1n) is 8.45. The van der Waals surface area contributed by atoms with Crippen molar-refractivity contribution in [2.24, 2.45) is 0 Å². The highest BCUT2D eigenvalue weighted by Crippen LogP contribution is 2.23. The van der Waals surface area contributed by atoms with Gasteiger partial charge in [0.15, 0.2) is 5.69 Å². The third kappa shape index (κ3) is 4.78. The molecule has 0 saturated carbocycles. The van der Waals surface area contributed by atoms with Crippen molar-refractivity contribution in [1.29, 1.82) is 0 Å². The van der Waals surface area contributed by atoms with E-state index in [2.05, 4.69) is 9.97 Å². The van der Waals surface area contributed by atoms with E-state index in [-0.39, 0.29) is 10.6 Å². The van der Waals surface area contributed by atoms with Gasteiger partial charge in [-0.25, -0.2) is 27.6 Å². The minimum Gasteiger partial charge on any atom is -0.421 e. The molecule has 0 fully saturated rings. The van der Waals surface area contributed by atoms with E-state index in [9.17, 15) is 17.6 Å². The number of aryl methyl sites for hydroxylation is 2. The van der Waals surface area contributed by atoms with Crippen molar-refractivity contribution in [1.82, 2.24) is 9.97 Å². The van der Waals surface area contributed by atoms with Crippen LogP contribution in [0.15, 0.2) is 53.8 Å². The first kappa shape index (κ1) is 20.9. The second-order valence-corrected chi connectivity index (χ2v) is 8.65. The number of hydrogen-bond donors (Lipinski definition) is 0. The van der Waals surface area contributed by atoms with E-state index in [0.29, 0.717) is 5.75 Å². The first-order valence-corrected chi connectivity index (χ1v) is 10.5. The molecule has 0 unspecified atom stereocenters. The molecular formula is C20H16ClFN2O4S. The number of ether oxygens (including phenoxy) is 1. The Bertz CT molecular complexity index is 1200. The van der Waals surface area contributed by atoms with Crippen LogP contribution in [0.3, 0.4) is 0 Å². The quantitative estimate of drug-likeness (QED) is 0.341. The molecular weight excluding hydrogens is 419 g/mol. The molecule has 3 aromatic rings. The van der Waals surface area contributed by atoms with Gasteiger partial charge in [0.25, 0.3) is 0 Å². The highest BCUT2D eigenvalue weighted by atomic mass is 35.5. The minimum absolute atomic E-state index is 0.0366. The van der Waals surface area contributed by atoms with Crippen molar-refractivity contribution in [3.63, 3.8) is 0 Å². The van der Waals surface area contributed by atoms with Gasteiger partial charge >= 0.3 is 5.97 Å². The van der Waals surface area contributed by atoms with Crippen LogP contribution >= 0.6 is 11.6 Å². The number of rotatable bonds is 5. The zero-order chi connectivity index (χ0) is 21.2. The Morgan fingerprint density at radius 2 is 1.90 bits per heavy atom. The Morgan fingerprint density at radius 3 is 2.59 bits per heavy atom. The van der Waals surface area contributed by atoms with Gasteiger partial charge in [-0.15, -0.1) is 0 Å². The second kappa shape index (κ2) is 8.26. The highest BCUT2D eigenvalue weighted by molar-refractivity contribution is 7.90. The van der Waals surface area contributed by atoms with Crippen LogP contribution < -0.4 is 4.74 Å². The van der Waals surface area contributed by atoms with Gasteiger partial charge in [0.1, 0.15) is 11.6 Å². The fraction of sp³-hybridized carbons (Fsp3) is 0.150. The van der Waals surface area contributed by atoms with Crippen LogP contribution in [-0.4, -0.2) is 24.4 Å². The van der Waals surface area contributed by atoms with Crippen molar-refractivity contribution in [3.05, 3.63) is 81.9 Å². The number of halogens is 2. The maximum atomic E-state index is 13.8. The number of carbonyl (C=O) groups is 1. The predicted molar refractivity (Wildman–Crippen MR) is 105 cm³/mol. The van der Waals surface area contributed by atoms with Crippen molar-refractivity contribution in [3.8, 4) is 5.75 Å². The van der Waals surface area contributed by atoms with E-state index in [0.717, 1.165) is 23.4 Å². The standard InChI is InChI=1S/C20H16ClFN2O4S/c1-12-7-8-17(13(2)9-12)28-19(25)18-15(21)10-23-20(24-18)29(26,27)11-14-5-3-4-6-16(14)22/h3-10H,11H2,1-2H3. The Kier molecular flexibility index (Phi) is 5.95. The maximum Gasteiger partial charge on any atom is 0.364 e. The largest absolute Gasteiger partial charge is 0.421 e. The number of nitrogens with zero attached hydrogens (tertiary/aromatic N) is 2. The van der Waals surface area contributed by atoms with Crippen molar-refractivity contribution in [2.75, 3.05) is 0 Å². The van der Waals surface area contributed by atoms with Gasteiger partial charge in [-0.2, -0.15) is 0 Å². The van der Waals surface area contributed by atoms with Gasteiger partial charge in [-0.05, 0) is 31.5 Å². The molecule has 0 aliphatic carbocycles. The zero-order valence-corrected chi connectivity index (χ0v) is 17.1. The van der Waals surface area contributed by atoms with E-state index >= 15 is 0 Å². The molecule has 9 heteroatoms. The molecule has 29 heavy (non-hydrogen) atoms. The number of aromatic nitrogens is 2. The normalized spacial score (nSPS) is 11.3. The summed E-state index contributed by atoms with van der Waals surface area (Å²) in [4.78, 5) is 20.0. The Labute approximate surface area is 172 Å². The van der Waals surface area contributed by atoms with E-state index in [1.165, 1.54) is 18.2 Å². The summed E-state index contributed by atoms with van der Waals surface area (Å²) in [5.74, 6) is -1.95. The molecule has 0 amide bonds.